The van der Waals surface area contributed by atoms with Gasteiger partial charge in [0.1, 0.15) is 22.8 Å². The minimum absolute atomic E-state index is 0.0714. The van der Waals surface area contributed by atoms with E-state index in [-0.39, 0.29) is 17.2 Å². The van der Waals surface area contributed by atoms with Crippen LogP contribution < -0.4 is 15.0 Å². The van der Waals surface area contributed by atoms with Crippen molar-refractivity contribution in [1.29, 1.82) is 0 Å². The number of pyridine rings is 1. The lowest BCUT2D eigenvalue weighted by Crippen LogP contribution is -2.14. The van der Waals surface area contributed by atoms with Crippen molar-refractivity contribution in [2.75, 3.05) is 14.2 Å². The molecule has 0 unspecified atom stereocenters. The maximum atomic E-state index is 13.1. The van der Waals surface area contributed by atoms with Gasteiger partial charge in [-0.15, -0.1) is 21.5 Å². The molecule has 0 spiro atoms. The smallest absolute Gasteiger partial charge is 0.264 e. The Kier molecular flexibility index (Phi) is 6.97. The first kappa shape index (κ1) is 23.5. The lowest BCUT2D eigenvalue weighted by Gasteiger charge is -2.18. The number of benzene rings is 1. The van der Waals surface area contributed by atoms with Gasteiger partial charge in [-0.05, 0) is 31.9 Å². The Hall–Kier alpha value is -3.66. The van der Waals surface area contributed by atoms with Crippen LogP contribution in [0, 0.1) is 6.92 Å². The van der Waals surface area contributed by atoms with Crippen molar-refractivity contribution in [3.63, 3.8) is 0 Å². The van der Waals surface area contributed by atoms with Crippen molar-refractivity contribution in [3.05, 3.63) is 56.2 Å². The van der Waals surface area contributed by atoms with E-state index >= 15 is 0 Å². The lowest BCUT2D eigenvalue weighted by atomic mass is 9.96. The normalized spacial score (nSPS) is 11.1. The van der Waals surface area contributed by atoms with E-state index < -0.39 is 5.56 Å². The summed E-state index contributed by atoms with van der Waals surface area (Å²) in [5.74, 6) is 0.951. The highest BCUT2D eigenvalue weighted by Gasteiger charge is 2.27. The first-order chi connectivity index (χ1) is 16.5. The topological polar surface area (TPSA) is 123 Å². The summed E-state index contributed by atoms with van der Waals surface area (Å²) in [5.41, 5.74) is 1.70. The third kappa shape index (κ3) is 4.54. The fourth-order valence-corrected chi connectivity index (χ4v) is 4.43. The van der Waals surface area contributed by atoms with Crippen LogP contribution in [0.1, 0.15) is 42.1 Å². The van der Waals surface area contributed by atoms with Gasteiger partial charge < -0.3 is 24.0 Å². The molecule has 4 rings (SSSR count). The van der Waals surface area contributed by atoms with Gasteiger partial charge in [0.25, 0.3) is 11.4 Å². The second kappa shape index (κ2) is 10.1. The van der Waals surface area contributed by atoms with Crippen molar-refractivity contribution < 1.29 is 19.0 Å². The number of rotatable bonds is 9. The Bertz CT molecular complexity index is 1340. The van der Waals surface area contributed by atoms with Crippen molar-refractivity contribution in [1.82, 2.24) is 20.2 Å². The molecular weight excluding hydrogens is 456 g/mol. The molecule has 0 aliphatic carbocycles. The van der Waals surface area contributed by atoms with Crippen molar-refractivity contribution in [3.8, 4) is 39.8 Å². The van der Waals surface area contributed by atoms with Crippen LogP contribution in [0.5, 0.6) is 17.2 Å². The zero-order valence-corrected chi connectivity index (χ0v) is 20.3. The number of nitrogens with one attached hydrogen (secondary N) is 1. The van der Waals surface area contributed by atoms with Gasteiger partial charge in [-0.3, -0.25) is 4.79 Å². The van der Waals surface area contributed by atoms with E-state index in [1.54, 1.807) is 18.2 Å². The van der Waals surface area contributed by atoms with E-state index in [1.165, 1.54) is 25.6 Å². The summed E-state index contributed by atoms with van der Waals surface area (Å²) in [6, 6.07) is 5.33. The van der Waals surface area contributed by atoms with Crippen molar-refractivity contribution in [2.45, 2.75) is 39.5 Å². The summed E-state index contributed by atoms with van der Waals surface area (Å²) in [5, 5.41) is 22.4. The second-order valence-corrected chi connectivity index (χ2v) is 8.77. The predicted molar refractivity (Wildman–Crippen MR) is 129 cm³/mol. The lowest BCUT2D eigenvalue weighted by molar-refractivity contribution is 0.396. The molecule has 0 fully saturated rings. The molecule has 0 aliphatic heterocycles. The van der Waals surface area contributed by atoms with Crippen LogP contribution in [-0.4, -0.2) is 39.5 Å². The minimum Gasteiger partial charge on any atom is -0.506 e. The van der Waals surface area contributed by atoms with Crippen LogP contribution in [-0.2, 0) is 12.8 Å². The van der Waals surface area contributed by atoms with E-state index in [0.717, 1.165) is 23.5 Å². The Balaban J connectivity index is 1.88. The summed E-state index contributed by atoms with van der Waals surface area (Å²) in [6.07, 6.45) is 2.61. The van der Waals surface area contributed by atoms with E-state index in [9.17, 15) is 9.90 Å². The molecule has 0 aliphatic rings. The Labute approximate surface area is 200 Å². The van der Waals surface area contributed by atoms with Gasteiger partial charge >= 0.3 is 0 Å². The highest BCUT2D eigenvalue weighted by molar-refractivity contribution is 7.09. The number of H-pyrrole nitrogens is 1. The van der Waals surface area contributed by atoms with E-state index in [2.05, 4.69) is 27.1 Å². The fraction of sp³-hybridized carbons (Fsp3) is 0.333. The summed E-state index contributed by atoms with van der Waals surface area (Å²) >= 11 is 1.53. The Morgan fingerprint density at radius 1 is 1.12 bits per heavy atom. The maximum Gasteiger partial charge on any atom is 0.264 e. The van der Waals surface area contributed by atoms with Gasteiger partial charge in [0.2, 0.25) is 5.89 Å². The molecule has 3 aromatic heterocycles. The predicted octanol–water partition coefficient (Wildman–Crippen LogP) is 4.51. The van der Waals surface area contributed by atoms with Crippen LogP contribution >= 0.6 is 11.3 Å². The highest BCUT2D eigenvalue weighted by atomic mass is 32.1. The zero-order chi connectivity index (χ0) is 24.2. The van der Waals surface area contributed by atoms with Crippen molar-refractivity contribution in [2.24, 2.45) is 0 Å². The molecule has 0 radical (unpaired) electrons. The quantitative estimate of drug-likeness (QED) is 0.357. The molecule has 0 saturated carbocycles. The number of aryl methyl sites for hydroxylation is 2. The minimum atomic E-state index is -0.513. The second-order valence-electron chi connectivity index (χ2n) is 7.71. The van der Waals surface area contributed by atoms with E-state index in [1.807, 2.05) is 12.3 Å². The van der Waals surface area contributed by atoms with E-state index in [0.29, 0.717) is 47.1 Å². The third-order valence-electron chi connectivity index (χ3n) is 5.40. The highest BCUT2D eigenvalue weighted by Crippen LogP contribution is 2.46. The summed E-state index contributed by atoms with van der Waals surface area (Å²) in [7, 11) is 3.08. The number of nitrogens with zero attached hydrogens (tertiary/aromatic N) is 3. The van der Waals surface area contributed by atoms with Gasteiger partial charge in [-0.25, -0.2) is 4.98 Å². The molecule has 1 aromatic carbocycles. The van der Waals surface area contributed by atoms with Gasteiger partial charge in [0, 0.05) is 11.1 Å². The number of thiazole rings is 1. The number of aromatic hydroxyl groups is 1. The fourth-order valence-electron chi connectivity index (χ4n) is 3.81. The summed E-state index contributed by atoms with van der Waals surface area (Å²) in [4.78, 5) is 20.4. The van der Waals surface area contributed by atoms with Gasteiger partial charge in [0.15, 0.2) is 0 Å². The van der Waals surface area contributed by atoms with Crippen molar-refractivity contribution >= 4 is 11.3 Å². The molecule has 9 nitrogen and oxygen atoms in total. The maximum absolute atomic E-state index is 13.1. The number of hydrogen-bond acceptors (Lipinski definition) is 9. The number of unbranched alkanes of at least 4 members (excludes halogenated alkanes) is 1. The Morgan fingerprint density at radius 3 is 2.47 bits per heavy atom. The van der Waals surface area contributed by atoms with Crippen LogP contribution in [0.15, 0.2) is 32.8 Å². The number of aromatic nitrogens is 4. The van der Waals surface area contributed by atoms with Crippen LogP contribution in [0.4, 0.5) is 0 Å². The number of ether oxygens (including phenoxy) is 2. The van der Waals surface area contributed by atoms with E-state index in [4.69, 9.17) is 13.9 Å². The molecule has 10 heteroatoms. The molecule has 178 valence electrons. The average Bonchev–Trinajstić information content (AvgIpc) is 3.46. The molecule has 0 saturated heterocycles. The average molecular weight is 483 g/mol. The summed E-state index contributed by atoms with van der Waals surface area (Å²) in [6.45, 7) is 3.97. The van der Waals surface area contributed by atoms with Crippen LogP contribution in [0.2, 0.25) is 0 Å². The zero-order valence-electron chi connectivity index (χ0n) is 19.5. The largest absolute Gasteiger partial charge is 0.506 e. The number of aromatic amines is 1. The number of methoxy groups -OCH3 is 2. The monoisotopic (exact) mass is 482 g/mol. The molecule has 0 atom stereocenters. The van der Waals surface area contributed by atoms with Gasteiger partial charge in [-0.1, -0.05) is 19.4 Å². The van der Waals surface area contributed by atoms with Gasteiger partial charge in [0.05, 0.1) is 42.5 Å². The SMILES string of the molecule is CCCCc1[nH]c(=O)c(-c2nnc(Cc3csc(C)n3)o2)c(O)c1-c1c(OC)cccc1OC. The Morgan fingerprint density at radius 2 is 1.85 bits per heavy atom. The first-order valence-corrected chi connectivity index (χ1v) is 11.8. The van der Waals surface area contributed by atoms with Crippen LogP contribution in [0.3, 0.4) is 0 Å². The first-order valence-electron chi connectivity index (χ1n) is 10.9. The molecule has 0 amide bonds. The third-order valence-corrected chi connectivity index (χ3v) is 6.23. The summed E-state index contributed by atoms with van der Waals surface area (Å²) < 4.78 is 16.9. The van der Waals surface area contributed by atoms with Crippen LogP contribution in [0.25, 0.3) is 22.6 Å². The number of hydrogen-bond donors (Lipinski definition) is 2. The standard InChI is InChI=1S/C24H26N4O5S/c1-5-6-8-15-19(20-16(31-3)9-7-10-17(20)32-4)22(29)21(23(30)26-15)24-28-27-18(33-24)11-14-12-34-13(2)25-14/h7,9-10,12H,5-6,8,11H2,1-4H3,(H2,26,29,30). The molecule has 0 bridgehead atoms. The molecule has 3 heterocycles. The molecule has 4 aromatic rings. The molecule has 2 N–H and O–H groups in total. The van der Waals surface area contributed by atoms with Gasteiger partial charge in [-0.2, -0.15) is 0 Å². The molecular formula is C24H26N4O5S. The molecule has 34 heavy (non-hydrogen) atoms.